The van der Waals surface area contributed by atoms with Gasteiger partial charge in [0.2, 0.25) is 5.91 Å². The van der Waals surface area contributed by atoms with Crippen molar-refractivity contribution in [1.82, 2.24) is 4.90 Å². The molecule has 1 aliphatic rings. The van der Waals surface area contributed by atoms with Gasteiger partial charge < -0.3 is 14.7 Å². The van der Waals surface area contributed by atoms with Gasteiger partial charge in [-0.15, -0.1) is 23.1 Å². The van der Waals surface area contributed by atoms with Crippen molar-refractivity contribution >= 4 is 35.0 Å². The fourth-order valence-electron chi connectivity index (χ4n) is 2.24. The number of carbonyl (C=O) groups excluding carboxylic acids is 2. The van der Waals surface area contributed by atoms with Gasteiger partial charge in [0.1, 0.15) is 4.88 Å². The Morgan fingerprint density at radius 3 is 3.10 bits per heavy atom. The van der Waals surface area contributed by atoms with Gasteiger partial charge in [-0.1, -0.05) is 0 Å². The Bertz CT molecular complexity index is 503. The van der Waals surface area contributed by atoms with Crippen LogP contribution in [0.25, 0.3) is 0 Å². The lowest BCUT2D eigenvalue weighted by molar-refractivity contribution is -0.129. The molecule has 0 saturated carbocycles. The summed E-state index contributed by atoms with van der Waals surface area (Å²) >= 11 is 3.02. The van der Waals surface area contributed by atoms with Crippen LogP contribution in [0.3, 0.4) is 0 Å². The molecular weight excluding hydrogens is 310 g/mol. The van der Waals surface area contributed by atoms with Crippen LogP contribution in [0.5, 0.6) is 0 Å². The van der Waals surface area contributed by atoms with Gasteiger partial charge in [-0.25, -0.2) is 4.79 Å². The van der Waals surface area contributed by atoms with Crippen molar-refractivity contribution in [3.63, 3.8) is 0 Å². The number of rotatable bonds is 7. The first-order valence-corrected chi connectivity index (χ1v) is 8.76. The Morgan fingerprint density at radius 1 is 1.57 bits per heavy atom. The van der Waals surface area contributed by atoms with Crippen molar-refractivity contribution in [1.29, 1.82) is 0 Å². The second-order valence-corrected chi connectivity index (χ2v) is 7.13. The summed E-state index contributed by atoms with van der Waals surface area (Å²) in [5.41, 5.74) is 0. The van der Waals surface area contributed by atoms with Gasteiger partial charge in [-0.2, -0.15) is 0 Å². The zero-order valence-electron chi connectivity index (χ0n) is 11.9. The molecule has 0 spiro atoms. The van der Waals surface area contributed by atoms with Crippen molar-refractivity contribution in [2.75, 3.05) is 25.5 Å². The Hall–Kier alpha value is -1.05. The number of likely N-dealkylation sites (tertiary alicyclic amines) is 1. The van der Waals surface area contributed by atoms with Crippen molar-refractivity contribution in [3.05, 3.63) is 17.0 Å². The minimum Gasteiger partial charge on any atom is -0.462 e. The average molecular weight is 329 g/mol. The van der Waals surface area contributed by atoms with Crippen molar-refractivity contribution < 1.29 is 19.4 Å². The molecule has 7 heteroatoms. The van der Waals surface area contributed by atoms with Gasteiger partial charge in [0.05, 0.1) is 23.5 Å². The van der Waals surface area contributed by atoms with E-state index in [1.807, 2.05) is 6.07 Å². The van der Waals surface area contributed by atoms with E-state index in [0.717, 1.165) is 16.4 Å². The van der Waals surface area contributed by atoms with E-state index in [-0.39, 0.29) is 24.5 Å². The number of hydrogen-bond donors (Lipinski definition) is 1. The van der Waals surface area contributed by atoms with Crippen LogP contribution >= 0.6 is 23.1 Å². The number of thioether (sulfide) groups is 1. The summed E-state index contributed by atoms with van der Waals surface area (Å²) in [5.74, 6) is 0.586. The van der Waals surface area contributed by atoms with Crippen LogP contribution < -0.4 is 0 Å². The Labute approximate surface area is 132 Å². The number of ether oxygens (including phenoxy) is 1. The summed E-state index contributed by atoms with van der Waals surface area (Å²) in [4.78, 5) is 25.6. The lowest BCUT2D eigenvalue weighted by atomic mass is 10.2. The Morgan fingerprint density at radius 2 is 2.38 bits per heavy atom. The highest BCUT2D eigenvalue weighted by molar-refractivity contribution is 8.01. The fourth-order valence-corrected chi connectivity index (χ4v) is 4.28. The predicted octanol–water partition coefficient (Wildman–Crippen LogP) is 2.00. The lowest BCUT2D eigenvalue weighted by Gasteiger charge is -2.22. The first-order chi connectivity index (χ1) is 10.2. The summed E-state index contributed by atoms with van der Waals surface area (Å²) in [6, 6.07) is 3.64. The van der Waals surface area contributed by atoms with Crippen LogP contribution in [-0.2, 0) is 9.53 Å². The highest BCUT2D eigenvalue weighted by atomic mass is 32.2. The number of thiophene rings is 1. The molecule has 1 unspecified atom stereocenters. The van der Waals surface area contributed by atoms with E-state index in [9.17, 15) is 14.7 Å². The molecule has 5 nitrogen and oxygen atoms in total. The van der Waals surface area contributed by atoms with Crippen LogP contribution in [-0.4, -0.2) is 53.4 Å². The first-order valence-electron chi connectivity index (χ1n) is 6.95. The van der Waals surface area contributed by atoms with Gasteiger partial charge in [-0.3, -0.25) is 4.79 Å². The molecular formula is C14H19NO4S2. The van der Waals surface area contributed by atoms with E-state index < -0.39 is 0 Å². The minimum atomic E-state index is -0.288. The molecule has 21 heavy (non-hydrogen) atoms. The number of aliphatic hydroxyl groups is 1. The molecule has 0 aliphatic carbocycles. The summed E-state index contributed by atoms with van der Waals surface area (Å²) in [6.45, 7) is 2.81. The van der Waals surface area contributed by atoms with Crippen LogP contribution in [0.1, 0.15) is 29.4 Å². The van der Waals surface area contributed by atoms with E-state index >= 15 is 0 Å². The number of amides is 1. The lowest BCUT2D eigenvalue weighted by Crippen LogP contribution is -2.36. The molecule has 1 amide bonds. The summed E-state index contributed by atoms with van der Waals surface area (Å²) in [5, 5.41) is 9.24. The largest absolute Gasteiger partial charge is 0.462 e. The zero-order chi connectivity index (χ0) is 15.2. The molecule has 1 fully saturated rings. The molecule has 0 bridgehead atoms. The highest BCUT2D eigenvalue weighted by Gasteiger charge is 2.29. The standard InChI is InChI=1S/C14H19NO4S2/c1-2-19-14(18)11-4-6-13(21-11)20-8-7-15-10(9-16)3-5-12(15)17/h4,6,10,16H,2-3,5,7-9H2,1H3. The SMILES string of the molecule is CCOC(=O)c1ccc(SCCN2C(=O)CCC2CO)s1. The molecule has 2 heterocycles. The van der Waals surface area contributed by atoms with Crippen molar-refractivity contribution in [2.45, 2.75) is 30.0 Å². The number of esters is 1. The second kappa shape index (κ2) is 7.82. The topological polar surface area (TPSA) is 66.8 Å². The monoisotopic (exact) mass is 329 g/mol. The first kappa shape index (κ1) is 16.3. The number of hydrogen-bond acceptors (Lipinski definition) is 6. The molecule has 1 aromatic heterocycles. The number of nitrogens with zero attached hydrogens (tertiary/aromatic N) is 1. The maximum atomic E-state index is 11.7. The molecule has 1 N–H and O–H groups in total. The third-order valence-electron chi connectivity index (χ3n) is 3.30. The molecule has 116 valence electrons. The van der Waals surface area contributed by atoms with E-state index in [1.54, 1.807) is 29.7 Å². The van der Waals surface area contributed by atoms with E-state index in [4.69, 9.17) is 4.74 Å². The van der Waals surface area contributed by atoms with Crippen LogP contribution in [0.15, 0.2) is 16.3 Å². The van der Waals surface area contributed by atoms with E-state index in [2.05, 4.69) is 0 Å². The maximum absolute atomic E-state index is 11.7. The molecule has 2 rings (SSSR count). The molecule has 1 aliphatic heterocycles. The van der Waals surface area contributed by atoms with E-state index in [1.165, 1.54) is 11.3 Å². The molecule has 1 atom stereocenters. The third-order valence-corrected chi connectivity index (χ3v) is 5.57. The maximum Gasteiger partial charge on any atom is 0.348 e. The Kier molecular flexibility index (Phi) is 6.08. The third kappa shape index (κ3) is 4.21. The van der Waals surface area contributed by atoms with Crippen molar-refractivity contribution in [3.8, 4) is 0 Å². The highest BCUT2D eigenvalue weighted by Crippen LogP contribution is 2.28. The quantitative estimate of drug-likeness (QED) is 0.612. The molecule has 0 radical (unpaired) electrons. The van der Waals surface area contributed by atoms with Gasteiger partial charge in [0, 0.05) is 18.7 Å². The number of carbonyl (C=O) groups is 2. The van der Waals surface area contributed by atoms with Gasteiger partial charge in [0.25, 0.3) is 0 Å². The smallest absolute Gasteiger partial charge is 0.348 e. The molecule has 1 aromatic rings. The van der Waals surface area contributed by atoms with Gasteiger partial charge >= 0.3 is 5.97 Å². The second-order valence-electron chi connectivity index (χ2n) is 4.65. The normalized spacial score (nSPS) is 18.3. The van der Waals surface area contributed by atoms with Gasteiger partial charge in [0.15, 0.2) is 0 Å². The van der Waals surface area contributed by atoms with Crippen molar-refractivity contribution in [2.24, 2.45) is 0 Å². The van der Waals surface area contributed by atoms with Crippen LogP contribution in [0, 0.1) is 0 Å². The minimum absolute atomic E-state index is 0.0302. The molecule has 1 saturated heterocycles. The predicted molar refractivity (Wildman–Crippen MR) is 82.8 cm³/mol. The van der Waals surface area contributed by atoms with Crippen LogP contribution in [0.2, 0.25) is 0 Å². The van der Waals surface area contributed by atoms with E-state index in [0.29, 0.717) is 24.4 Å². The average Bonchev–Trinajstić information content (AvgIpc) is 3.07. The molecule has 0 aromatic carbocycles. The summed E-state index contributed by atoms with van der Waals surface area (Å²) in [7, 11) is 0. The van der Waals surface area contributed by atoms with Crippen LogP contribution in [0.4, 0.5) is 0 Å². The number of aliphatic hydroxyl groups excluding tert-OH is 1. The zero-order valence-corrected chi connectivity index (χ0v) is 13.5. The summed E-state index contributed by atoms with van der Waals surface area (Å²) < 4.78 is 5.98. The van der Waals surface area contributed by atoms with Gasteiger partial charge in [-0.05, 0) is 25.5 Å². The Balaban J connectivity index is 1.81. The summed E-state index contributed by atoms with van der Waals surface area (Å²) in [6.07, 6.45) is 1.27. The fraction of sp³-hybridized carbons (Fsp3) is 0.571.